The molecule has 0 spiro atoms. The van der Waals surface area contributed by atoms with Crippen molar-refractivity contribution in [3.8, 4) is 0 Å². The van der Waals surface area contributed by atoms with Crippen LogP contribution in [0.4, 0.5) is 0 Å². The summed E-state index contributed by atoms with van der Waals surface area (Å²) in [6.45, 7) is 9.75. The molecule has 0 aliphatic heterocycles. The molecule has 0 atom stereocenters. The highest BCUT2D eigenvalue weighted by Crippen LogP contribution is 2.00. The largest absolute Gasteiger partial charge is 0.354 e. The van der Waals surface area contributed by atoms with Gasteiger partial charge < -0.3 is 10.2 Å². The van der Waals surface area contributed by atoms with E-state index in [4.69, 9.17) is 0 Å². The van der Waals surface area contributed by atoms with Gasteiger partial charge in [-0.05, 0) is 27.7 Å². The van der Waals surface area contributed by atoms with Gasteiger partial charge in [-0.2, -0.15) is 0 Å². The molecule has 15 heavy (non-hydrogen) atoms. The number of hydrogen-bond acceptors (Lipinski definition) is 2. The highest BCUT2D eigenvalue weighted by atomic mass is 16.2. The molecule has 0 radical (unpaired) electrons. The third kappa shape index (κ3) is 6.10. The zero-order valence-electron chi connectivity index (χ0n) is 10.3. The quantitative estimate of drug-likeness (QED) is 0.746. The summed E-state index contributed by atoms with van der Waals surface area (Å²) in [5.74, 6) is 0.0132. The van der Waals surface area contributed by atoms with E-state index in [1.807, 2.05) is 27.7 Å². The van der Waals surface area contributed by atoms with E-state index in [9.17, 15) is 9.59 Å². The molecule has 0 aromatic carbocycles. The van der Waals surface area contributed by atoms with E-state index < -0.39 is 0 Å². The zero-order valence-corrected chi connectivity index (χ0v) is 10.3. The lowest BCUT2D eigenvalue weighted by Crippen LogP contribution is -2.39. The molecule has 0 aromatic rings. The minimum Gasteiger partial charge on any atom is -0.354 e. The van der Waals surface area contributed by atoms with E-state index in [0.29, 0.717) is 13.0 Å². The van der Waals surface area contributed by atoms with Gasteiger partial charge >= 0.3 is 0 Å². The fraction of sp³-hybridized carbons (Fsp3) is 0.818. The van der Waals surface area contributed by atoms with Crippen molar-refractivity contribution in [2.75, 3.05) is 6.54 Å². The molecular formula is C11H22N2O2. The molecule has 4 heteroatoms. The van der Waals surface area contributed by atoms with Gasteiger partial charge in [0.2, 0.25) is 11.8 Å². The number of carbonyl (C=O) groups is 2. The van der Waals surface area contributed by atoms with Crippen molar-refractivity contribution in [3.63, 3.8) is 0 Å². The van der Waals surface area contributed by atoms with Gasteiger partial charge in [-0.1, -0.05) is 0 Å². The average molecular weight is 214 g/mol. The predicted molar refractivity (Wildman–Crippen MR) is 60.4 cm³/mol. The maximum absolute atomic E-state index is 11.4. The second-order valence-electron chi connectivity index (χ2n) is 4.28. The fourth-order valence-corrected chi connectivity index (χ4v) is 1.40. The SMILES string of the molecule is CC(=O)N(CCC(=O)NC(C)C)C(C)C. The van der Waals surface area contributed by atoms with Gasteiger partial charge in [0.25, 0.3) is 0 Å². The maximum atomic E-state index is 11.4. The highest BCUT2D eigenvalue weighted by Gasteiger charge is 2.14. The van der Waals surface area contributed by atoms with Gasteiger partial charge in [-0.25, -0.2) is 0 Å². The summed E-state index contributed by atoms with van der Waals surface area (Å²) in [4.78, 5) is 24.3. The first kappa shape index (κ1) is 13.9. The van der Waals surface area contributed by atoms with Crippen LogP contribution < -0.4 is 5.32 Å². The molecular weight excluding hydrogens is 192 g/mol. The zero-order chi connectivity index (χ0) is 12.0. The van der Waals surface area contributed by atoms with Gasteiger partial charge in [0.05, 0.1) is 0 Å². The summed E-state index contributed by atoms with van der Waals surface area (Å²) < 4.78 is 0. The Labute approximate surface area is 92.0 Å². The second kappa shape index (κ2) is 6.43. The first-order valence-electron chi connectivity index (χ1n) is 5.41. The van der Waals surface area contributed by atoms with E-state index in [-0.39, 0.29) is 23.9 Å². The van der Waals surface area contributed by atoms with Crippen molar-refractivity contribution in [2.45, 2.75) is 53.1 Å². The number of nitrogens with one attached hydrogen (secondary N) is 1. The number of hydrogen-bond donors (Lipinski definition) is 1. The third-order valence-corrected chi connectivity index (χ3v) is 2.06. The second-order valence-corrected chi connectivity index (χ2v) is 4.28. The predicted octanol–water partition coefficient (Wildman–Crippen LogP) is 1.16. The van der Waals surface area contributed by atoms with Crippen LogP contribution in [0, 0.1) is 0 Å². The number of amides is 2. The number of carbonyl (C=O) groups excluding carboxylic acids is 2. The Morgan fingerprint density at radius 2 is 1.73 bits per heavy atom. The molecule has 0 aromatic heterocycles. The number of nitrogens with zero attached hydrogens (tertiary/aromatic N) is 1. The minimum absolute atomic E-state index is 0.00287. The van der Waals surface area contributed by atoms with Crippen LogP contribution in [0.25, 0.3) is 0 Å². The van der Waals surface area contributed by atoms with Crippen molar-refractivity contribution in [1.29, 1.82) is 0 Å². The number of rotatable bonds is 5. The Balaban J connectivity index is 4.00. The van der Waals surface area contributed by atoms with E-state index in [2.05, 4.69) is 5.32 Å². The van der Waals surface area contributed by atoms with Crippen molar-refractivity contribution >= 4 is 11.8 Å². The molecule has 0 bridgehead atoms. The molecule has 0 saturated heterocycles. The van der Waals surface area contributed by atoms with E-state index in [0.717, 1.165) is 0 Å². The molecule has 4 nitrogen and oxygen atoms in total. The van der Waals surface area contributed by atoms with Crippen LogP contribution >= 0.6 is 0 Å². The van der Waals surface area contributed by atoms with Crippen LogP contribution in [0.1, 0.15) is 41.0 Å². The molecule has 1 N–H and O–H groups in total. The summed E-state index contributed by atoms with van der Waals surface area (Å²) >= 11 is 0. The fourth-order valence-electron chi connectivity index (χ4n) is 1.40. The van der Waals surface area contributed by atoms with Crippen LogP contribution in [0.2, 0.25) is 0 Å². The summed E-state index contributed by atoms with van der Waals surface area (Å²) in [7, 11) is 0. The Kier molecular flexibility index (Phi) is 5.97. The topological polar surface area (TPSA) is 49.4 Å². The Hall–Kier alpha value is -1.06. The molecule has 0 aliphatic carbocycles. The van der Waals surface area contributed by atoms with E-state index >= 15 is 0 Å². The van der Waals surface area contributed by atoms with Gasteiger partial charge in [-0.15, -0.1) is 0 Å². The van der Waals surface area contributed by atoms with Gasteiger partial charge in [-0.3, -0.25) is 9.59 Å². The normalized spacial score (nSPS) is 10.6. The minimum atomic E-state index is -0.00287. The Bertz CT molecular complexity index is 225. The van der Waals surface area contributed by atoms with Crippen molar-refractivity contribution in [1.82, 2.24) is 10.2 Å². The van der Waals surface area contributed by atoms with Gasteiger partial charge in [0, 0.05) is 32.0 Å². The first-order valence-corrected chi connectivity index (χ1v) is 5.41. The molecule has 0 saturated carbocycles. The summed E-state index contributed by atoms with van der Waals surface area (Å²) in [5.41, 5.74) is 0. The van der Waals surface area contributed by atoms with Gasteiger partial charge in [0.15, 0.2) is 0 Å². The van der Waals surface area contributed by atoms with Gasteiger partial charge in [0.1, 0.15) is 0 Å². The molecule has 0 fully saturated rings. The van der Waals surface area contributed by atoms with Crippen LogP contribution in [0.3, 0.4) is 0 Å². The highest BCUT2D eigenvalue weighted by molar-refractivity contribution is 5.78. The third-order valence-electron chi connectivity index (χ3n) is 2.06. The molecule has 0 heterocycles. The van der Waals surface area contributed by atoms with E-state index in [1.54, 1.807) is 4.90 Å². The monoisotopic (exact) mass is 214 g/mol. The van der Waals surface area contributed by atoms with Crippen molar-refractivity contribution in [3.05, 3.63) is 0 Å². The molecule has 0 unspecified atom stereocenters. The maximum Gasteiger partial charge on any atom is 0.221 e. The molecule has 2 amide bonds. The van der Waals surface area contributed by atoms with Crippen LogP contribution in [0.5, 0.6) is 0 Å². The lowest BCUT2D eigenvalue weighted by atomic mass is 10.2. The summed E-state index contributed by atoms with van der Waals surface area (Å²) in [6, 6.07) is 0.302. The molecule has 0 rings (SSSR count). The van der Waals surface area contributed by atoms with Crippen LogP contribution in [0.15, 0.2) is 0 Å². The first-order chi connectivity index (χ1) is 6.84. The van der Waals surface area contributed by atoms with Crippen molar-refractivity contribution in [2.24, 2.45) is 0 Å². The summed E-state index contributed by atoms with van der Waals surface area (Å²) in [5, 5.41) is 2.80. The average Bonchev–Trinajstić information content (AvgIpc) is 2.00. The van der Waals surface area contributed by atoms with Crippen molar-refractivity contribution < 1.29 is 9.59 Å². The smallest absolute Gasteiger partial charge is 0.221 e. The van der Waals surface area contributed by atoms with Crippen LogP contribution in [-0.2, 0) is 9.59 Å². The van der Waals surface area contributed by atoms with Crippen LogP contribution in [-0.4, -0.2) is 35.3 Å². The van der Waals surface area contributed by atoms with E-state index in [1.165, 1.54) is 6.92 Å². The molecule has 88 valence electrons. The Morgan fingerprint density at radius 3 is 2.07 bits per heavy atom. The lowest BCUT2D eigenvalue weighted by Gasteiger charge is -2.25. The lowest BCUT2D eigenvalue weighted by molar-refractivity contribution is -0.131. The summed E-state index contributed by atoms with van der Waals surface area (Å²) in [6.07, 6.45) is 0.371. The standard InChI is InChI=1S/C11H22N2O2/c1-8(2)12-11(15)6-7-13(9(3)4)10(5)14/h8-9H,6-7H2,1-5H3,(H,12,15). The Morgan fingerprint density at radius 1 is 1.20 bits per heavy atom. The molecule has 0 aliphatic rings.